The summed E-state index contributed by atoms with van der Waals surface area (Å²) < 4.78 is 7.34. The molecule has 0 saturated carbocycles. The van der Waals surface area contributed by atoms with E-state index in [4.69, 9.17) is 9.40 Å². The third kappa shape index (κ3) is 4.59. The Hall–Kier alpha value is -3.87. The Morgan fingerprint density at radius 1 is 1.09 bits per heavy atom. The van der Waals surface area contributed by atoms with Crippen molar-refractivity contribution < 1.29 is 9.21 Å². The molecule has 0 bridgehead atoms. The number of piperidine rings is 1. The van der Waals surface area contributed by atoms with Gasteiger partial charge in [-0.2, -0.15) is 0 Å². The lowest BCUT2D eigenvalue weighted by molar-refractivity contribution is -0.125. The summed E-state index contributed by atoms with van der Waals surface area (Å²) in [6, 6.07) is 21.4. The van der Waals surface area contributed by atoms with E-state index >= 15 is 0 Å². The third-order valence-corrected chi connectivity index (χ3v) is 6.34. The number of hydrogen-bond acceptors (Lipinski definition) is 5. The van der Waals surface area contributed by atoms with Gasteiger partial charge >= 0.3 is 0 Å². The van der Waals surface area contributed by atoms with E-state index in [0.29, 0.717) is 32.0 Å². The number of nitrogens with one attached hydrogen (secondary N) is 1. The molecule has 2 aromatic carbocycles. The van der Waals surface area contributed by atoms with Crippen LogP contribution in [0.25, 0.3) is 11.0 Å². The second kappa shape index (κ2) is 9.55. The van der Waals surface area contributed by atoms with Crippen molar-refractivity contribution in [1.29, 1.82) is 0 Å². The molecule has 2 aromatic heterocycles. The highest BCUT2D eigenvalue weighted by Gasteiger charge is 2.28. The maximum atomic E-state index is 13.6. The zero-order valence-electron chi connectivity index (χ0n) is 19.2. The van der Waals surface area contributed by atoms with Crippen molar-refractivity contribution in [3.63, 3.8) is 0 Å². The number of carbonyl (C=O) groups is 1. The fraction of sp³-hybridized carbons (Fsp3) is 0.296. The van der Waals surface area contributed by atoms with Crippen LogP contribution < -0.4 is 15.8 Å². The van der Waals surface area contributed by atoms with Gasteiger partial charge in [0.05, 0.1) is 30.0 Å². The first kappa shape index (κ1) is 21.9. The van der Waals surface area contributed by atoms with Gasteiger partial charge in [0, 0.05) is 13.1 Å². The molecule has 4 aromatic rings. The molecular formula is C27H28N4O3. The van der Waals surface area contributed by atoms with Crippen LogP contribution in [-0.2, 0) is 17.9 Å². The molecule has 1 unspecified atom stereocenters. The highest BCUT2D eigenvalue weighted by atomic mass is 16.3. The summed E-state index contributed by atoms with van der Waals surface area (Å²) in [6.07, 6.45) is 1.61. The number of furan rings is 1. The van der Waals surface area contributed by atoms with E-state index < -0.39 is 0 Å². The van der Waals surface area contributed by atoms with Crippen molar-refractivity contribution in [2.24, 2.45) is 5.92 Å². The summed E-state index contributed by atoms with van der Waals surface area (Å²) in [5, 5.41) is 2.98. The number of nitrogens with zero attached hydrogens (tertiary/aromatic N) is 3. The van der Waals surface area contributed by atoms with Crippen LogP contribution in [0.15, 0.2) is 75.9 Å². The van der Waals surface area contributed by atoms with E-state index in [2.05, 4.69) is 5.32 Å². The van der Waals surface area contributed by atoms with Gasteiger partial charge in [0.15, 0.2) is 5.82 Å². The van der Waals surface area contributed by atoms with Gasteiger partial charge in [-0.1, -0.05) is 42.5 Å². The van der Waals surface area contributed by atoms with Crippen LogP contribution in [0.3, 0.4) is 0 Å². The van der Waals surface area contributed by atoms with Crippen molar-refractivity contribution in [3.05, 3.63) is 94.2 Å². The van der Waals surface area contributed by atoms with Crippen LogP contribution in [0.4, 0.5) is 5.82 Å². The predicted octanol–water partition coefficient (Wildman–Crippen LogP) is 3.88. The minimum Gasteiger partial charge on any atom is -0.465 e. The zero-order valence-corrected chi connectivity index (χ0v) is 19.2. The minimum absolute atomic E-state index is 0.0239. The van der Waals surface area contributed by atoms with Crippen molar-refractivity contribution in [2.75, 3.05) is 18.0 Å². The molecule has 0 aliphatic carbocycles. The molecule has 0 radical (unpaired) electrons. The maximum absolute atomic E-state index is 13.6. The van der Waals surface area contributed by atoms with E-state index in [-0.39, 0.29) is 17.4 Å². The fourth-order valence-corrected chi connectivity index (χ4v) is 4.59. The van der Waals surface area contributed by atoms with E-state index in [1.54, 1.807) is 4.57 Å². The summed E-state index contributed by atoms with van der Waals surface area (Å²) in [5.41, 5.74) is 2.50. The Morgan fingerprint density at radius 2 is 1.88 bits per heavy atom. The summed E-state index contributed by atoms with van der Waals surface area (Å²) in [4.78, 5) is 33.2. The number of amides is 1. The van der Waals surface area contributed by atoms with Crippen molar-refractivity contribution in [3.8, 4) is 0 Å². The Labute approximate surface area is 198 Å². The quantitative estimate of drug-likeness (QED) is 0.476. The number of hydrogen-bond donors (Lipinski definition) is 1. The first-order chi connectivity index (χ1) is 16.6. The van der Waals surface area contributed by atoms with Crippen LogP contribution in [0.5, 0.6) is 0 Å². The van der Waals surface area contributed by atoms with Gasteiger partial charge in [-0.15, -0.1) is 0 Å². The Kier molecular flexibility index (Phi) is 6.16. The molecule has 7 heteroatoms. The molecule has 1 atom stereocenters. The summed E-state index contributed by atoms with van der Waals surface area (Å²) in [6.45, 7) is 3.88. The zero-order chi connectivity index (χ0) is 23.5. The van der Waals surface area contributed by atoms with Crippen LogP contribution >= 0.6 is 0 Å². The highest BCUT2D eigenvalue weighted by Crippen LogP contribution is 2.22. The van der Waals surface area contributed by atoms with Gasteiger partial charge in [-0.05, 0) is 49.6 Å². The molecule has 34 heavy (non-hydrogen) atoms. The number of fused-ring (bicyclic) bond motifs is 1. The largest absolute Gasteiger partial charge is 0.465 e. The van der Waals surface area contributed by atoms with Gasteiger partial charge in [0.1, 0.15) is 11.5 Å². The van der Waals surface area contributed by atoms with E-state index in [0.717, 1.165) is 41.0 Å². The lowest BCUT2D eigenvalue weighted by atomic mass is 9.97. The number of benzene rings is 2. The minimum atomic E-state index is -0.208. The highest BCUT2D eigenvalue weighted by molar-refractivity contribution is 5.80. The number of carbonyl (C=O) groups excluding carboxylic acids is 1. The Balaban J connectivity index is 1.40. The van der Waals surface area contributed by atoms with Crippen LogP contribution in [-0.4, -0.2) is 28.5 Å². The predicted molar refractivity (Wildman–Crippen MR) is 132 cm³/mol. The van der Waals surface area contributed by atoms with Crippen molar-refractivity contribution in [2.45, 2.75) is 32.9 Å². The van der Waals surface area contributed by atoms with Gasteiger partial charge in [-0.25, -0.2) is 4.98 Å². The summed E-state index contributed by atoms with van der Waals surface area (Å²) in [5.74, 6) is 1.73. The SMILES string of the molecule is Cc1ccc(CNC(=O)C2CCCN(c3nc4ccccc4n(Cc4ccccc4)c3=O)C2)o1. The molecule has 1 saturated heterocycles. The Bertz CT molecular complexity index is 1360. The maximum Gasteiger partial charge on any atom is 0.294 e. The number of rotatable bonds is 6. The van der Waals surface area contributed by atoms with E-state index in [1.165, 1.54) is 0 Å². The Morgan fingerprint density at radius 3 is 2.68 bits per heavy atom. The molecular weight excluding hydrogens is 428 g/mol. The number of aryl methyl sites for hydroxylation is 1. The molecule has 174 valence electrons. The summed E-state index contributed by atoms with van der Waals surface area (Å²) in [7, 11) is 0. The normalized spacial score (nSPS) is 16.0. The average Bonchev–Trinajstić information content (AvgIpc) is 3.30. The van der Waals surface area contributed by atoms with Gasteiger partial charge < -0.3 is 14.6 Å². The molecule has 1 aliphatic heterocycles. The lowest BCUT2D eigenvalue weighted by Gasteiger charge is -2.32. The molecule has 0 spiro atoms. The number of aromatic nitrogens is 2. The molecule has 1 fully saturated rings. The standard InChI is InChI=1S/C27H28N4O3/c1-19-13-14-22(34-19)16-28-26(32)21-10-7-15-30(18-21)25-27(33)31(17-20-8-3-2-4-9-20)24-12-6-5-11-23(24)29-25/h2-6,8-9,11-14,21H,7,10,15-18H2,1H3,(H,28,32). The molecule has 1 aliphatic rings. The monoisotopic (exact) mass is 456 g/mol. The lowest BCUT2D eigenvalue weighted by Crippen LogP contribution is -2.45. The number of para-hydroxylation sites is 2. The van der Waals surface area contributed by atoms with Gasteiger partial charge in [0.25, 0.3) is 5.56 Å². The number of anilines is 1. The molecule has 3 heterocycles. The second-order valence-electron chi connectivity index (χ2n) is 8.82. The average molecular weight is 457 g/mol. The van der Waals surface area contributed by atoms with Crippen molar-refractivity contribution >= 4 is 22.8 Å². The summed E-state index contributed by atoms with van der Waals surface area (Å²) >= 11 is 0. The van der Waals surface area contributed by atoms with Crippen LogP contribution in [0.1, 0.15) is 29.9 Å². The van der Waals surface area contributed by atoms with Crippen LogP contribution in [0, 0.1) is 12.8 Å². The van der Waals surface area contributed by atoms with Gasteiger partial charge in [-0.3, -0.25) is 14.2 Å². The first-order valence-electron chi connectivity index (χ1n) is 11.7. The van der Waals surface area contributed by atoms with Crippen molar-refractivity contribution in [1.82, 2.24) is 14.9 Å². The smallest absolute Gasteiger partial charge is 0.294 e. The first-order valence-corrected chi connectivity index (χ1v) is 11.7. The van der Waals surface area contributed by atoms with Gasteiger partial charge in [0.2, 0.25) is 5.91 Å². The third-order valence-electron chi connectivity index (χ3n) is 6.34. The van der Waals surface area contributed by atoms with Crippen LogP contribution in [0.2, 0.25) is 0 Å². The van der Waals surface area contributed by atoms with E-state index in [9.17, 15) is 9.59 Å². The second-order valence-corrected chi connectivity index (χ2v) is 8.82. The molecule has 1 amide bonds. The van der Waals surface area contributed by atoms with E-state index in [1.807, 2.05) is 78.6 Å². The molecule has 5 rings (SSSR count). The molecule has 7 nitrogen and oxygen atoms in total. The topological polar surface area (TPSA) is 80.4 Å². The fourth-order valence-electron chi connectivity index (χ4n) is 4.59. The molecule has 1 N–H and O–H groups in total.